The molecule has 0 saturated carbocycles. The van der Waals surface area contributed by atoms with Crippen LogP contribution in [0.15, 0.2) is 54.6 Å². The molecule has 0 fully saturated rings. The maximum absolute atomic E-state index is 10.1. The van der Waals surface area contributed by atoms with Crippen LogP contribution >= 0.6 is 0 Å². The molecule has 0 radical (unpaired) electrons. The fourth-order valence-corrected chi connectivity index (χ4v) is 2.12. The molecular weight excluding hydrogens is 234 g/mol. The SMILES string of the molecule is CCC(N)CC(O)c1ccc(-c2ccccc2)cc1. The average molecular weight is 255 g/mol. The molecule has 0 aromatic heterocycles. The smallest absolute Gasteiger partial charge is 0.0804 e. The van der Waals surface area contributed by atoms with E-state index in [1.807, 2.05) is 49.4 Å². The molecule has 0 aliphatic carbocycles. The molecule has 0 saturated heterocycles. The predicted octanol–water partition coefficient (Wildman–Crippen LogP) is 3.51. The van der Waals surface area contributed by atoms with Gasteiger partial charge in [-0.25, -0.2) is 0 Å². The molecule has 0 heterocycles. The number of hydrogen-bond donors (Lipinski definition) is 2. The zero-order valence-corrected chi connectivity index (χ0v) is 11.3. The van der Waals surface area contributed by atoms with Gasteiger partial charge in [-0.1, -0.05) is 61.5 Å². The molecule has 2 aromatic carbocycles. The highest BCUT2D eigenvalue weighted by atomic mass is 16.3. The number of aliphatic hydroxyl groups is 1. The zero-order valence-electron chi connectivity index (χ0n) is 11.3. The van der Waals surface area contributed by atoms with Gasteiger partial charge >= 0.3 is 0 Å². The number of nitrogens with two attached hydrogens (primary N) is 1. The lowest BCUT2D eigenvalue weighted by Crippen LogP contribution is -2.21. The molecule has 0 spiro atoms. The molecule has 100 valence electrons. The van der Waals surface area contributed by atoms with Gasteiger partial charge in [-0.05, 0) is 29.5 Å². The largest absolute Gasteiger partial charge is 0.388 e. The second kappa shape index (κ2) is 6.50. The Hall–Kier alpha value is -1.64. The van der Waals surface area contributed by atoms with Crippen molar-refractivity contribution in [2.45, 2.75) is 31.9 Å². The van der Waals surface area contributed by atoms with Crippen LogP contribution in [0.25, 0.3) is 11.1 Å². The Kier molecular flexibility index (Phi) is 4.72. The number of benzene rings is 2. The summed E-state index contributed by atoms with van der Waals surface area (Å²) in [4.78, 5) is 0. The van der Waals surface area contributed by atoms with E-state index in [-0.39, 0.29) is 6.04 Å². The Labute approximate surface area is 114 Å². The van der Waals surface area contributed by atoms with Crippen LogP contribution in [0, 0.1) is 0 Å². The highest BCUT2D eigenvalue weighted by Gasteiger charge is 2.11. The first-order chi connectivity index (χ1) is 9.20. The summed E-state index contributed by atoms with van der Waals surface area (Å²) >= 11 is 0. The van der Waals surface area contributed by atoms with Crippen molar-refractivity contribution in [1.29, 1.82) is 0 Å². The summed E-state index contributed by atoms with van der Waals surface area (Å²) in [6.45, 7) is 2.04. The van der Waals surface area contributed by atoms with Crippen molar-refractivity contribution in [2.24, 2.45) is 5.73 Å². The summed E-state index contributed by atoms with van der Waals surface area (Å²) < 4.78 is 0. The van der Waals surface area contributed by atoms with Crippen molar-refractivity contribution in [3.05, 3.63) is 60.2 Å². The third-order valence-electron chi connectivity index (χ3n) is 3.45. The van der Waals surface area contributed by atoms with Gasteiger partial charge in [0.15, 0.2) is 0 Å². The molecule has 2 rings (SSSR count). The van der Waals surface area contributed by atoms with Gasteiger partial charge in [0.1, 0.15) is 0 Å². The van der Waals surface area contributed by atoms with Crippen molar-refractivity contribution in [3.8, 4) is 11.1 Å². The van der Waals surface area contributed by atoms with E-state index in [9.17, 15) is 5.11 Å². The maximum Gasteiger partial charge on any atom is 0.0804 e. The van der Waals surface area contributed by atoms with E-state index >= 15 is 0 Å². The molecule has 0 aliphatic rings. The molecule has 0 aliphatic heterocycles. The summed E-state index contributed by atoms with van der Waals surface area (Å²) in [5.41, 5.74) is 9.16. The van der Waals surface area contributed by atoms with Crippen LogP contribution in [-0.2, 0) is 0 Å². The van der Waals surface area contributed by atoms with E-state index < -0.39 is 6.10 Å². The van der Waals surface area contributed by atoms with E-state index in [4.69, 9.17) is 5.73 Å². The quantitative estimate of drug-likeness (QED) is 0.858. The molecular formula is C17H21NO. The molecule has 2 nitrogen and oxygen atoms in total. The van der Waals surface area contributed by atoms with Gasteiger partial charge < -0.3 is 10.8 Å². The minimum absolute atomic E-state index is 0.0591. The van der Waals surface area contributed by atoms with Crippen LogP contribution in [0.1, 0.15) is 31.4 Å². The minimum atomic E-state index is -0.472. The minimum Gasteiger partial charge on any atom is -0.388 e. The van der Waals surface area contributed by atoms with E-state index in [0.29, 0.717) is 6.42 Å². The van der Waals surface area contributed by atoms with Crippen LogP contribution < -0.4 is 5.73 Å². The first kappa shape index (κ1) is 13.8. The van der Waals surface area contributed by atoms with Gasteiger partial charge in [0.25, 0.3) is 0 Å². The van der Waals surface area contributed by atoms with Gasteiger partial charge in [0.2, 0.25) is 0 Å². The summed E-state index contributed by atoms with van der Waals surface area (Å²) in [5, 5.41) is 10.1. The Morgan fingerprint density at radius 1 is 0.947 bits per heavy atom. The first-order valence-corrected chi connectivity index (χ1v) is 6.79. The third kappa shape index (κ3) is 3.66. The van der Waals surface area contributed by atoms with Crippen molar-refractivity contribution in [1.82, 2.24) is 0 Å². The molecule has 2 aromatic rings. The van der Waals surface area contributed by atoms with Crippen LogP contribution in [-0.4, -0.2) is 11.1 Å². The summed E-state index contributed by atoms with van der Waals surface area (Å²) in [6.07, 6.45) is 1.03. The van der Waals surface area contributed by atoms with Crippen LogP contribution in [0.2, 0.25) is 0 Å². The van der Waals surface area contributed by atoms with Gasteiger partial charge in [-0.15, -0.1) is 0 Å². The molecule has 2 heteroatoms. The Morgan fingerprint density at radius 3 is 2.11 bits per heavy atom. The highest BCUT2D eigenvalue weighted by Crippen LogP contribution is 2.23. The predicted molar refractivity (Wildman–Crippen MR) is 79.7 cm³/mol. The van der Waals surface area contributed by atoms with E-state index in [2.05, 4.69) is 12.1 Å². The Balaban J connectivity index is 2.10. The van der Waals surface area contributed by atoms with E-state index in [0.717, 1.165) is 17.5 Å². The Bertz CT molecular complexity index is 492. The lowest BCUT2D eigenvalue weighted by atomic mass is 9.98. The third-order valence-corrected chi connectivity index (χ3v) is 3.45. The molecule has 3 N–H and O–H groups in total. The van der Waals surface area contributed by atoms with Crippen LogP contribution in [0.5, 0.6) is 0 Å². The maximum atomic E-state index is 10.1. The van der Waals surface area contributed by atoms with Crippen LogP contribution in [0.4, 0.5) is 0 Å². The van der Waals surface area contributed by atoms with E-state index in [1.165, 1.54) is 5.56 Å². The summed E-state index contributed by atoms with van der Waals surface area (Å²) in [6, 6.07) is 18.3. The Morgan fingerprint density at radius 2 is 1.53 bits per heavy atom. The summed E-state index contributed by atoms with van der Waals surface area (Å²) in [5.74, 6) is 0. The normalized spacial score (nSPS) is 14.1. The zero-order chi connectivity index (χ0) is 13.7. The fourth-order valence-electron chi connectivity index (χ4n) is 2.12. The highest BCUT2D eigenvalue weighted by molar-refractivity contribution is 5.63. The standard InChI is InChI=1S/C17H21NO/c1-2-16(18)12-17(19)15-10-8-14(9-11-15)13-6-4-3-5-7-13/h3-11,16-17,19H,2,12,18H2,1H3. The van der Waals surface area contributed by atoms with Crippen molar-refractivity contribution >= 4 is 0 Å². The lowest BCUT2D eigenvalue weighted by Gasteiger charge is -2.15. The monoisotopic (exact) mass is 255 g/mol. The van der Waals surface area contributed by atoms with Crippen molar-refractivity contribution < 1.29 is 5.11 Å². The van der Waals surface area contributed by atoms with Crippen molar-refractivity contribution in [2.75, 3.05) is 0 Å². The summed E-state index contributed by atoms with van der Waals surface area (Å²) in [7, 11) is 0. The average Bonchev–Trinajstić information content (AvgIpc) is 2.48. The van der Waals surface area contributed by atoms with E-state index in [1.54, 1.807) is 0 Å². The fraction of sp³-hybridized carbons (Fsp3) is 0.294. The molecule has 2 unspecified atom stereocenters. The molecule has 0 amide bonds. The number of aliphatic hydroxyl groups excluding tert-OH is 1. The number of rotatable bonds is 5. The first-order valence-electron chi connectivity index (χ1n) is 6.79. The van der Waals surface area contributed by atoms with Gasteiger partial charge in [0.05, 0.1) is 6.10 Å². The molecule has 0 bridgehead atoms. The van der Waals surface area contributed by atoms with Gasteiger partial charge in [0, 0.05) is 6.04 Å². The molecule has 19 heavy (non-hydrogen) atoms. The van der Waals surface area contributed by atoms with Gasteiger partial charge in [-0.3, -0.25) is 0 Å². The second-order valence-corrected chi connectivity index (χ2v) is 4.91. The van der Waals surface area contributed by atoms with Crippen LogP contribution in [0.3, 0.4) is 0 Å². The molecule has 2 atom stereocenters. The topological polar surface area (TPSA) is 46.2 Å². The number of hydrogen-bond acceptors (Lipinski definition) is 2. The van der Waals surface area contributed by atoms with Gasteiger partial charge in [-0.2, -0.15) is 0 Å². The lowest BCUT2D eigenvalue weighted by molar-refractivity contribution is 0.157. The van der Waals surface area contributed by atoms with Crippen molar-refractivity contribution in [3.63, 3.8) is 0 Å². The second-order valence-electron chi connectivity index (χ2n) is 4.91.